The first-order chi connectivity index (χ1) is 17.6. The predicted molar refractivity (Wildman–Crippen MR) is 149 cm³/mol. The summed E-state index contributed by atoms with van der Waals surface area (Å²) in [6, 6.07) is 34.9. The largest absolute Gasteiger partial charge is 0.278 e. The molecular weight excluding hydrogens is 438 g/mol. The SMILES string of the molecule is CC1(C)c2cc3ccccc3cc2-c2c1ccc1c2c2ccccc2n1-c1ncc2ccccc2n1. The second-order valence-corrected chi connectivity index (χ2v) is 10.3. The summed E-state index contributed by atoms with van der Waals surface area (Å²) < 4.78 is 2.23. The summed E-state index contributed by atoms with van der Waals surface area (Å²) in [7, 11) is 0. The van der Waals surface area contributed by atoms with Gasteiger partial charge in [0.25, 0.3) is 0 Å². The number of hydrogen-bond acceptors (Lipinski definition) is 2. The topological polar surface area (TPSA) is 30.7 Å². The minimum absolute atomic E-state index is 0.0778. The van der Waals surface area contributed by atoms with E-state index < -0.39 is 0 Å². The van der Waals surface area contributed by atoms with E-state index in [0.29, 0.717) is 5.95 Å². The van der Waals surface area contributed by atoms with Crippen LogP contribution >= 0.6 is 0 Å². The van der Waals surface area contributed by atoms with Gasteiger partial charge in [-0.15, -0.1) is 0 Å². The predicted octanol–water partition coefficient (Wildman–Crippen LogP) is 8.19. The smallest absolute Gasteiger partial charge is 0.235 e. The Morgan fingerprint density at radius 1 is 0.667 bits per heavy atom. The van der Waals surface area contributed by atoms with Crippen LogP contribution in [0.25, 0.3) is 60.6 Å². The first-order valence-corrected chi connectivity index (χ1v) is 12.4. The van der Waals surface area contributed by atoms with E-state index in [9.17, 15) is 0 Å². The van der Waals surface area contributed by atoms with E-state index in [0.717, 1.165) is 21.9 Å². The van der Waals surface area contributed by atoms with Gasteiger partial charge in [0.1, 0.15) is 0 Å². The lowest BCUT2D eigenvalue weighted by Gasteiger charge is -2.21. The Morgan fingerprint density at radius 2 is 1.39 bits per heavy atom. The van der Waals surface area contributed by atoms with Crippen LogP contribution in [0.2, 0.25) is 0 Å². The molecule has 0 aliphatic heterocycles. The molecule has 0 fully saturated rings. The molecule has 7 aromatic rings. The van der Waals surface area contributed by atoms with Crippen molar-refractivity contribution in [3.8, 4) is 17.1 Å². The fourth-order valence-corrected chi connectivity index (χ4v) is 6.26. The Hall–Kier alpha value is -4.50. The second-order valence-electron chi connectivity index (χ2n) is 10.3. The third-order valence-electron chi connectivity index (χ3n) is 8.02. The highest BCUT2D eigenvalue weighted by Gasteiger charge is 2.37. The zero-order valence-electron chi connectivity index (χ0n) is 20.2. The lowest BCUT2D eigenvalue weighted by atomic mass is 9.81. The van der Waals surface area contributed by atoms with Gasteiger partial charge in [0.2, 0.25) is 5.95 Å². The van der Waals surface area contributed by atoms with Crippen molar-refractivity contribution in [1.82, 2.24) is 14.5 Å². The average molecular weight is 462 g/mol. The average Bonchev–Trinajstić information content (AvgIpc) is 3.36. The first-order valence-electron chi connectivity index (χ1n) is 12.4. The van der Waals surface area contributed by atoms with Gasteiger partial charge in [-0.3, -0.25) is 4.57 Å². The van der Waals surface area contributed by atoms with Crippen LogP contribution < -0.4 is 0 Å². The lowest BCUT2D eigenvalue weighted by Crippen LogP contribution is -2.14. The highest BCUT2D eigenvalue weighted by molar-refractivity contribution is 6.18. The molecule has 170 valence electrons. The van der Waals surface area contributed by atoms with Crippen LogP contribution in [-0.4, -0.2) is 14.5 Å². The summed E-state index contributed by atoms with van der Waals surface area (Å²) >= 11 is 0. The van der Waals surface area contributed by atoms with Gasteiger partial charge in [-0.05, 0) is 63.4 Å². The maximum absolute atomic E-state index is 4.98. The lowest BCUT2D eigenvalue weighted by molar-refractivity contribution is 0.661. The number of para-hydroxylation sites is 2. The van der Waals surface area contributed by atoms with Crippen LogP contribution in [-0.2, 0) is 5.41 Å². The van der Waals surface area contributed by atoms with E-state index >= 15 is 0 Å². The van der Waals surface area contributed by atoms with E-state index in [4.69, 9.17) is 9.97 Å². The van der Waals surface area contributed by atoms with Gasteiger partial charge in [-0.2, -0.15) is 0 Å². The monoisotopic (exact) mass is 461 g/mol. The molecular formula is C33H23N3. The van der Waals surface area contributed by atoms with E-state index in [1.54, 1.807) is 0 Å². The Balaban J connectivity index is 1.53. The second kappa shape index (κ2) is 6.79. The van der Waals surface area contributed by atoms with Crippen LogP contribution in [0.4, 0.5) is 0 Å². The molecule has 0 saturated heterocycles. The number of hydrogen-bond donors (Lipinski definition) is 0. The maximum atomic E-state index is 4.98. The number of nitrogens with zero attached hydrogens (tertiary/aromatic N) is 3. The molecule has 2 heterocycles. The third kappa shape index (κ3) is 2.47. The third-order valence-corrected chi connectivity index (χ3v) is 8.02. The molecule has 0 saturated carbocycles. The van der Waals surface area contributed by atoms with Gasteiger partial charge in [-0.25, -0.2) is 9.97 Å². The Labute approximate surface area is 208 Å². The van der Waals surface area contributed by atoms with Gasteiger partial charge in [0, 0.05) is 27.8 Å². The van der Waals surface area contributed by atoms with Crippen LogP contribution in [0.5, 0.6) is 0 Å². The molecule has 1 aliphatic rings. The van der Waals surface area contributed by atoms with Crippen LogP contribution in [0.15, 0.2) is 103 Å². The van der Waals surface area contributed by atoms with Crippen molar-refractivity contribution in [2.45, 2.75) is 19.3 Å². The first kappa shape index (κ1) is 19.8. The van der Waals surface area contributed by atoms with Gasteiger partial charge in [0.05, 0.1) is 16.6 Å². The van der Waals surface area contributed by atoms with Crippen molar-refractivity contribution in [3.63, 3.8) is 0 Å². The summed E-state index contributed by atoms with van der Waals surface area (Å²) in [5.41, 5.74) is 8.59. The van der Waals surface area contributed by atoms with E-state index in [1.165, 1.54) is 43.8 Å². The molecule has 0 unspecified atom stereocenters. The van der Waals surface area contributed by atoms with Crippen molar-refractivity contribution < 1.29 is 0 Å². The number of aromatic nitrogens is 3. The molecule has 5 aromatic carbocycles. The fourth-order valence-electron chi connectivity index (χ4n) is 6.26. The Kier molecular flexibility index (Phi) is 3.73. The normalized spacial score (nSPS) is 14.1. The van der Waals surface area contributed by atoms with Crippen LogP contribution in [0.3, 0.4) is 0 Å². The number of rotatable bonds is 1. The maximum Gasteiger partial charge on any atom is 0.235 e. The molecule has 0 radical (unpaired) electrons. The quantitative estimate of drug-likeness (QED) is 0.247. The summed E-state index contributed by atoms with van der Waals surface area (Å²) in [6.45, 7) is 4.70. The van der Waals surface area contributed by atoms with E-state index in [-0.39, 0.29) is 5.41 Å². The molecule has 0 N–H and O–H groups in total. The highest BCUT2D eigenvalue weighted by atomic mass is 15.2. The van der Waals surface area contributed by atoms with Gasteiger partial charge >= 0.3 is 0 Å². The van der Waals surface area contributed by atoms with Gasteiger partial charge < -0.3 is 0 Å². The standard InChI is InChI=1S/C33H23N3/c1-33(2)25-15-16-29-31(30(25)24-17-20-9-3-4-10-21(20)18-26(24)33)23-12-6-8-14-28(23)36(29)32-34-19-22-11-5-7-13-27(22)35-32/h3-19H,1-2H3. The highest BCUT2D eigenvalue weighted by Crippen LogP contribution is 2.54. The number of benzene rings is 5. The molecule has 8 rings (SSSR count). The van der Waals surface area contributed by atoms with Gasteiger partial charge in [0.15, 0.2) is 0 Å². The summed E-state index contributed by atoms with van der Waals surface area (Å²) in [6.07, 6.45) is 1.93. The molecule has 0 spiro atoms. The Bertz CT molecular complexity index is 2030. The summed E-state index contributed by atoms with van der Waals surface area (Å²) in [5, 5.41) is 6.13. The molecule has 0 amide bonds. The van der Waals surface area contributed by atoms with Crippen molar-refractivity contribution in [2.75, 3.05) is 0 Å². The van der Waals surface area contributed by atoms with Crippen molar-refractivity contribution in [3.05, 3.63) is 114 Å². The molecule has 3 nitrogen and oxygen atoms in total. The van der Waals surface area contributed by atoms with Crippen molar-refractivity contribution >= 4 is 43.5 Å². The van der Waals surface area contributed by atoms with Gasteiger partial charge in [-0.1, -0.05) is 80.6 Å². The minimum atomic E-state index is -0.0778. The molecule has 0 bridgehead atoms. The zero-order valence-corrected chi connectivity index (χ0v) is 20.2. The fraction of sp³-hybridized carbons (Fsp3) is 0.0909. The molecule has 1 aliphatic carbocycles. The molecule has 3 heteroatoms. The van der Waals surface area contributed by atoms with Crippen molar-refractivity contribution in [2.24, 2.45) is 0 Å². The minimum Gasteiger partial charge on any atom is -0.278 e. The zero-order chi connectivity index (χ0) is 24.0. The number of fused-ring (bicyclic) bond motifs is 9. The van der Waals surface area contributed by atoms with E-state index in [1.807, 2.05) is 18.3 Å². The Morgan fingerprint density at radius 3 is 2.25 bits per heavy atom. The van der Waals surface area contributed by atoms with Crippen molar-refractivity contribution in [1.29, 1.82) is 0 Å². The van der Waals surface area contributed by atoms with E-state index in [2.05, 4.69) is 103 Å². The summed E-state index contributed by atoms with van der Waals surface area (Å²) in [4.78, 5) is 9.79. The molecule has 0 atom stereocenters. The van der Waals surface area contributed by atoms with Crippen LogP contribution in [0, 0.1) is 0 Å². The summed E-state index contributed by atoms with van der Waals surface area (Å²) in [5.74, 6) is 0.704. The van der Waals surface area contributed by atoms with Crippen LogP contribution in [0.1, 0.15) is 25.0 Å². The molecule has 36 heavy (non-hydrogen) atoms. The molecule has 2 aromatic heterocycles.